The Hall–Kier alpha value is -2.56. The van der Waals surface area contributed by atoms with Crippen molar-refractivity contribution >= 4 is 5.69 Å². The lowest BCUT2D eigenvalue weighted by atomic mass is 9.94. The number of anilines is 1. The van der Waals surface area contributed by atoms with Gasteiger partial charge in [-0.3, -0.25) is 0 Å². The van der Waals surface area contributed by atoms with E-state index in [0.29, 0.717) is 11.7 Å². The highest BCUT2D eigenvalue weighted by Gasteiger charge is 2.24. The number of para-hydroxylation sites is 1. The van der Waals surface area contributed by atoms with E-state index >= 15 is 0 Å². The molecule has 0 saturated heterocycles. The summed E-state index contributed by atoms with van der Waals surface area (Å²) in [5.74, 6) is 1.45. The summed E-state index contributed by atoms with van der Waals surface area (Å²) in [4.78, 5) is 4.47. The zero-order chi connectivity index (χ0) is 13.4. The Balaban J connectivity index is 1.60. The number of benzene rings is 1. The van der Waals surface area contributed by atoms with Crippen molar-refractivity contribution in [2.24, 2.45) is 0 Å². The van der Waals surface area contributed by atoms with Crippen LogP contribution in [0.25, 0.3) is 11.4 Å². The first kappa shape index (κ1) is 11.3. The summed E-state index contributed by atoms with van der Waals surface area (Å²) in [5.41, 5.74) is 3.31. The molecule has 1 unspecified atom stereocenters. The Morgan fingerprint density at radius 3 is 3.05 bits per heavy atom. The molecule has 0 amide bonds. The second-order valence-corrected chi connectivity index (χ2v) is 4.91. The number of rotatable bonds is 2. The fourth-order valence-electron chi connectivity index (χ4n) is 2.53. The molecule has 1 atom stereocenters. The Kier molecular flexibility index (Phi) is 2.55. The summed E-state index contributed by atoms with van der Waals surface area (Å²) in [7, 11) is 0. The van der Waals surface area contributed by atoms with Crippen LogP contribution in [0.4, 0.5) is 5.69 Å². The van der Waals surface area contributed by atoms with Gasteiger partial charge in [-0.2, -0.15) is 4.98 Å². The highest BCUT2D eigenvalue weighted by atomic mass is 16.5. The molecule has 1 N–H and O–H groups in total. The molecule has 0 aliphatic carbocycles. The van der Waals surface area contributed by atoms with Gasteiger partial charge < -0.3 is 14.3 Å². The summed E-state index contributed by atoms with van der Waals surface area (Å²) >= 11 is 0. The minimum Gasteiger partial charge on any atom is -0.472 e. The first-order valence-corrected chi connectivity index (χ1v) is 6.58. The highest BCUT2D eigenvalue weighted by molar-refractivity contribution is 5.54. The molecule has 1 aliphatic rings. The molecular formula is C15H13N3O2. The van der Waals surface area contributed by atoms with Gasteiger partial charge in [0.25, 0.3) is 0 Å². The molecule has 2 aromatic heterocycles. The van der Waals surface area contributed by atoms with E-state index in [0.717, 1.165) is 18.5 Å². The van der Waals surface area contributed by atoms with Crippen molar-refractivity contribution in [3.05, 3.63) is 54.3 Å². The largest absolute Gasteiger partial charge is 0.472 e. The Labute approximate surface area is 115 Å². The van der Waals surface area contributed by atoms with Crippen molar-refractivity contribution in [1.82, 2.24) is 10.1 Å². The van der Waals surface area contributed by atoms with Crippen molar-refractivity contribution in [2.75, 3.05) is 11.9 Å². The maximum atomic E-state index is 5.40. The fraction of sp³-hybridized carbons (Fsp3) is 0.200. The topological polar surface area (TPSA) is 64.1 Å². The van der Waals surface area contributed by atoms with Gasteiger partial charge in [-0.15, -0.1) is 0 Å². The van der Waals surface area contributed by atoms with Gasteiger partial charge in [-0.05, 0) is 24.1 Å². The van der Waals surface area contributed by atoms with Crippen molar-refractivity contribution < 1.29 is 8.94 Å². The Morgan fingerprint density at radius 1 is 1.20 bits per heavy atom. The quantitative estimate of drug-likeness (QED) is 0.773. The summed E-state index contributed by atoms with van der Waals surface area (Å²) < 4.78 is 10.4. The first-order valence-electron chi connectivity index (χ1n) is 6.58. The van der Waals surface area contributed by atoms with E-state index in [1.165, 1.54) is 11.3 Å². The molecule has 0 spiro atoms. The van der Waals surface area contributed by atoms with Gasteiger partial charge in [0.1, 0.15) is 6.26 Å². The van der Waals surface area contributed by atoms with Crippen LogP contribution in [0.5, 0.6) is 0 Å². The average molecular weight is 267 g/mol. The van der Waals surface area contributed by atoms with Gasteiger partial charge in [0, 0.05) is 12.2 Å². The summed E-state index contributed by atoms with van der Waals surface area (Å²) in [5, 5.41) is 7.42. The van der Waals surface area contributed by atoms with Crippen LogP contribution in [-0.2, 0) is 6.42 Å². The second kappa shape index (κ2) is 4.52. The summed E-state index contributed by atoms with van der Waals surface area (Å²) in [6.07, 6.45) is 4.13. The van der Waals surface area contributed by atoms with Crippen LogP contribution in [0.2, 0.25) is 0 Å². The molecule has 1 aromatic carbocycles. The maximum Gasteiger partial charge on any atom is 0.232 e. The lowest BCUT2D eigenvalue weighted by molar-refractivity contribution is 0.354. The molecule has 5 nitrogen and oxygen atoms in total. The maximum absolute atomic E-state index is 5.40. The molecule has 20 heavy (non-hydrogen) atoms. The fourth-order valence-corrected chi connectivity index (χ4v) is 2.53. The minimum atomic E-state index is 0.207. The molecule has 3 aromatic rings. The van der Waals surface area contributed by atoms with Gasteiger partial charge in [-0.25, -0.2) is 0 Å². The molecule has 0 radical (unpaired) electrons. The molecule has 0 fully saturated rings. The Bertz CT molecular complexity index is 718. The van der Waals surface area contributed by atoms with Crippen molar-refractivity contribution in [1.29, 1.82) is 0 Å². The number of nitrogens with one attached hydrogen (secondary N) is 1. The van der Waals surface area contributed by atoms with E-state index in [2.05, 4.69) is 27.6 Å². The van der Waals surface area contributed by atoms with E-state index in [-0.39, 0.29) is 5.92 Å². The van der Waals surface area contributed by atoms with E-state index in [9.17, 15) is 0 Å². The van der Waals surface area contributed by atoms with Crippen LogP contribution < -0.4 is 5.32 Å². The highest BCUT2D eigenvalue weighted by Crippen LogP contribution is 2.30. The average Bonchev–Trinajstić information content (AvgIpc) is 3.17. The summed E-state index contributed by atoms with van der Waals surface area (Å²) in [6.45, 7) is 0.810. The molecular weight excluding hydrogens is 254 g/mol. The number of hydrogen-bond donors (Lipinski definition) is 1. The van der Waals surface area contributed by atoms with Crippen LogP contribution in [0.1, 0.15) is 17.4 Å². The van der Waals surface area contributed by atoms with Crippen LogP contribution in [0.15, 0.2) is 51.8 Å². The molecule has 0 saturated carbocycles. The lowest BCUT2D eigenvalue weighted by Crippen LogP contribution is -2.21. The van der Waals surface area contributed by atoms with Crippen LogP contribution in [-0.4, -0.2) is 16.7 Å². The molecule has 1 aliphatic heterocycles. The molecule has 3 heterocycles. The molecule has 5 heteroatoms. The van der Waals surface area contributed by atoms with E-state index in [1.54, 1.807) is 12.5 Å². The van der Waals surface area contributed by atoms with Gasteiger partial charge in [0.15, 0.2) is 0 Å². The number of nitrogens with zero attached hydrogens (tertiary/aromatic N) is 2. The van der Waals surface area contributed by atoms with Crippen LogP contribution in [0.3, 0.4) is 0 Å². The zero-order valence-corrected chi connectivity index (χ0v) is 10.7. The normalized spacial score (nSPS) is 17.5. The third-order valence-corrected chi connectivity index (χ3v) is 3.59. The van der Waals surface area contributed by atoms with Crippen molar-refractivity contribution in [2.45, 2.75) is 12.3 Å². The van der Waals surface area contributed by atoms with Gasteiger partial charge in [0.2, 0.25) is 11.7 Å². The lowest BCUT2D eigenvalue weighted by Gasteiger charge is -2.23. The second-order valence-electron chi connectivity index (χ2n) is 4.91. The van der Waals surface area contributed by atoms with Crippen LogP contribution >= 0.6 is 0 Å². The molecule has 100 valence electrons. The van der Waals surface area contributed by atoms with Gasteiger partial charge >= 0.3 is 0 Å². The minimum absolute atomic E-state index is 0.207. The standard InChI is InChI=1S/C15H13N3O2/c1-2-4-13-10(3-1)7-12(8-16-13)15-17-14(18-20-15)11-5-6-19-9-11/h1-6,9,12,16H,7-8H2. The summed E-state index contributed by atoms with van der Waals surface area (Å²) in [6, 6.07) is 10.1. The van der Waals surface area contributed by atoms with Crippen molar-refractivity contribution in [3.8, 4) is 11.4 Å². The number of aromatic nitrogens is 2. The SMILES string of the molecule is c1ccc2c(c1)CC(c1nc(-c3ccoc3)no1)CN2. The predicted octanol–water partition coefficient (Wildman–Crippen LogP) is 3.08. The third-order valence-electron chi connectivity index (χ3n) is 3.59. The van der Waals surface area contributed by atoms with E-state index < -0.39 is 0 Å². The number of furan rings is 1. The monoisotopic (exact) mass is 267 g/mol. The number of fused-ring (bicyclic) bond motifs is 1. The number of hydrogen-bond acceptors (Lipinski definition) is 5. The first-order chi connectivity index (χ1) is 9.90. The predicted molar refractivity (Wildman–Crippen MR) is 73.4 cm³/mol. The molecule has 0 bridgehead atoms. The van der Waals surface area contributed by atoms with Gasteiger partial charge in [-0.1, -0.05) is 23.4 Å². The third kappa shape index (κ3) is 1.87. The Morgan fingerprint density at radius 2 is 2.15 bits per heavy atom. The van der Waals surface area contributed by atoms with E-state index in [1.807, 2.05) is 18.2 Å². The molecule has 4 rings (SSSR count). The zero-order valence-electron chi connectivity index (χ0n) is 10.7. The van der Waals surface area contributed by atoms with E-state index in [4.69, 9.17) is 8.94 Å². The van der Waals surface area contributed by atoms with Gasteiger partial charge in [0.05, 0.1) is 17.7 Å². The smallest absolute Gasteiger partial charge is 0.232 e. The van der Waals surface area contributed by atoms with Crippen LogP contribution in [0, 0.1) is 0 Å². The van der Waals surface area contributed by atoms with Crippen molar-refractivity contribution in [3.63, 3.8) is 0 Å².